The van der Waals surface area contributed by atoms with Gasteiger partial charge in [0.15, 0.2) is 0 Å². The van der Waals surface area contributed by atoms with Crippen LogP contribution in [0, 0.1) is 5.82 Å². The molecule has 26 heavy (non-hydrogen) atoms. The van der Waals surface area contributed by atoms with Crippen molar-refractivity contribution in [2.75, 3.05) is 0 Å². The molecule has 0 atom stereocenters. The third kappa shape index (κ3) is 3.02. The Labute approximate surface area is 154 Å². The summed E-state index contributed by atoms with van der Waals surface area (Å²) < 4.78 is 19.5. The average molecular weight is 369 g/mol. The number of benzene rings is 2. The van der Waals surface area contributed by atoms with Gasteiger partial charge < -0.3 is 10.1 Å². The van der Waals surface area contributed by atoms with Gasteiger partial charge in [-0.1, -0.05) is 17.7 Å². The Morgan fingerprint density at radius 3 is 2.96 bits per heavy atom. The van der Waals surface area contributed by atoms with Crippen molar-refractivity contribution in [3.05, 3.63) is 82.4 Å². The van der Waals surface area contributed by atoms with Crippen molar-refractivity contribution in [2.45, 2.75) is 13.2 Å². The molecule has 0 radical (unpaired) electrons. The zero-order valence-corrected chi connectivity index (χ0v) is 14.4. The van der Waals surface area contributed by atoms with Gasteiger partial charge in [0.2, 0.25) is 0 Å². The average Bonchev–Trinajstić information content (AvgIpc) is 2.67. The zero-order valence-electron chi connectivity index (χ0n) is 13.6. The summed E-state index contributed by atoms with van der Waals surface area (Å²) in [5, 5.41) is 2.98. The number of nitrogens with one attached hydrogen (secondary N) is 1. The number of nitrogens with zero attached hydrogens (tertiary/aromatic N) is 1. The lowest BCUT2D eigenvalue weighted by Crippen LogP contribution is -2.23. The molecule has 0 saturated heterocycles. The first-order valence-corrected chi connectivity index (χ1v) is 8.42. The molecule has 130 valence electrons. The Bertz CT molecular complexity index is 987. The summed E-state index contributed by atoms with van der Waals surface area (Å²) in [6, 6.07) is 11.6. The summed E-state index contributed by atoms with van der Waals surface area (Å²) in [6.45, 7) is 0.420. The normalized spacial score (nSPS) is 11.9. The van der Waals surface area contributed by atoms with Crippen LogP contribution in [-0.2, 0) is 13.2 Å². The van der Waals surface area contributed by atoms with Crippen molar-refractivity contribution in [1.82, 2.24) is 10.3 Å². The van der Waals surface area contributed by atoms with Gasteiger partial charge in [0.25, 0.3) is 5.91 Å². The minimum atomic E-state index is -0.447. The van der Waals surface area contributed by atoms with Gasteiger partial charge in [-0.15, -0.1) is 0 Å². The molecule has 4 rings (SSSR count). The number of amides is 1. The molecule has 1 N–H and O–H groups in total. The molecule has 2 aromatic carbocycles. The van der Waals surface area contributed by atoms with Crippen LogP contribution in [0.5, 0.6) is 5.75 Å². The minimum Gasteiger partial charge on any atom is -0.488 e. The summed E-state index contributed by atoms with van der Waals surface area (Å²) in [4.78, 5) is 16.5. The predicted octanol–water partition coefficient (Wildman–Crippen LogP) is 4.36. The third-order valence-electron chi connectivity index (χ3n) is 4.31. The van der Waals surface area contributed by atoms with Crippen LogP contribution in [0.3, 0.4) is 0 Å². The number of ether oxygens (including phenoxy) is 1. The van der Waals surface area contributed by atoms with Gasteiger partial charge in [-0.25, -0.2) is 4.39 Å². The number of pyridine rings is 1. The smallest absolute Gasteiger partial charge is 0.251 e. The Hall–Kier alpha value is -2.92. The van der Waals surface area contributed by atoms with Crippen LogP contribution in [0.2, 0.25) is 5.02 Å². The molecule has 1 aliphatic heterocycles. The number of rotatable bonds is 3. The summed E-state index contributed by atoms with van der Waals surface area (Å²) in [6.07, 6.45) is 3.50. The van der Waals surface area contributed by atoms with E-state index in [1.54, 1.807) is 30.6 Å². The van der Waals surface area contributed by atoms with Crippen molar-refractivity contribution in [2.24, 2.45) is 0 Å². The van der Waals surface area contributed by atoms with E-state index in [0.29, 0.717) is 17.9 Å². The predicted molar refractivity (Wildman–Crippen MR) is 96.6 cm³/mol. The molecular weight excluding hydrogens is 355 g/mol. The van der Waals surface area contributed by atoms with E-state index in [-0.39, 0.29) is 23.0 Å². The first-order chi connectivity index (χ1) is 12.6. The van der Waals surface area contributed by atoms with Gasteiger partial charge >= 0.3 is 0 Å². The second kappa shape index (κ2) is 6.77. The molecule has 0 saturated carbocycles. The summed E-state index contributed by atoms with van der Waals surface area (Å²) in [5.74, 6) is -0.131. The van der Waals surface area contributed by atoms with Crippen molar-refractivity contribution < 1.29 is 13.9 Å². The Morgan fingerprint density at radius 1 is 1.23 bits per heavy atom. The van der Waals surface area contributed by atoms with Crippen molar-refractivity contribution in [3.63, 3.8) is 0 Å². The lowest BCUT2D eigenvalue weighted by Gasteiger charge is -2.20. The topological polar surface area (TPSA) is 51.2 Å². The van der Waals surface area contributed by atoms with Crippen molar-refractivity contribution in [1.29, 1.82) is 0 Å². The standard InChI is InChI=1S/C20H14ClFN2O2/c21-17-2-1-3-18(22)16(17)10-24-20(25)12-4-5-15-14-6-7-23-9-13(14)11-26-19(15)8-12/h1-9H,10-11H2,(H,24,25). The SMILES string of the molecule is O=C(NCc1c(F)cccc1Cl)c1ccc2c(c1)OCc1cnccc1-2. The molecule has 1 aromatic heterocycles. The van der Waals surface area contributed by atoms with E-state index < -0.39 is 5.82 Å². The Kier molecular flexibility index (Phi) is 4.31. The number of hydrogen-bond acceptors (Lipinski definition) is 3. The first-order valence-electron chi connectivity index (χ1n) is 8.04. The molecule has 1 amide bonds. The highest BCUT2D eigenvalue weighted by molar-refractivity contribution is 6.31. The van der Waals surface area contributed by atoms with Crippen molar-refractivity contribution in [3.8, 4) is 16.9 Å². The van der Waals surface area contributed by atoms with Gasteiger partial charge in [-0.2, -0.15) is 0 Å². The van der Waals surface area contributed by atoms with Crippen LogP contribution in [-0.4, -0.2) is 10.9 Å². The summed E-state index contributed by atoms with van der Waals surface area (Å²) in [7, 11) is 0. The molecule has 2 heterocycles. The number of carbonyl (C=O) groups is 1. The first kappa shape index (κ1) is 16.5. The fourth-order valence-electron chi connectivity index (χ4n) is 2.94. The fraction of sp³-hybridized carbons (Fsp3) is 0.100. The van der Waals surface area contributed by atoms with Crippen LogP contribution in [0.15, 0.2) is 54.9 Å². The van der Waals surface area contributed by atoms with Gasteiger partial charge in [-0.05, 0) is 42.0 Å². The highest BCUT2D eigenvalue weighted by Crippen LogP contribution is 2.37. The third-order valence-corrected chi connectivity index (χ3v) is 4.66. The van der Waals surface area contributed by atoms with Crippen LogP contribution >= 0.6 is 11.6 Å². The number of fused-ring (bicyclic) bond motifs is 3. The van der Waals surface area contributed by atoms with Crippen LogP contribution in [0.1, 0.15) is 21.5 Å². The van der Waals surface area contributed by atoms with E-state index in [1.165, 1.54) is 12.1 Å². The van der Waals surface area contributed by atoms with Gasteiger partial charge in [-0.3, -0.25) is 9.78 Å². The van der Waals surface area contributed by atoms with Gasteiger partial charge in [0, 0.05) is 46.2 Å². The largest absolute Gasteiger partial charge is 0.488 e. The van der Waals surface area contributed by atoms with E-state index in [4.69, 9.17) is 16.3 Å². The minimum absolute atomic E-state index is 0.0107. The van der Waals surface area contributed by atoms with Gasteiger partial charge in [0.05, 0.1) is 0 Å². The van der Waals surface area contributed by atoms with E-state index >= 15 is 0 Å². The molecular formula is C20H14ClFN2O2. The Balaban J connectivity index is 1.55. The molecule has 0 unspecified atom stereocenters. The zero-order chi connectivity index (χ0) is 18.1. The van der Waals surface area contributed by atoms with E-state index in [1.807, 2.05) is 12.1 Å². The molecule has 4 nitrogen and oxygen atoms in total. The Morgan fingerprint density at radius 2 is 2.12 bits per heavy atom. The summed E-state index contributed by atoms with van der Waals surface area (Å²) >= 11 is 5.99. The highest BCUT2D eigenvalue weighted by atomic mass is 35.5. The second-order valence-corrected chi connectivity index (χ2v) is 6.32. The lowest BCUT2D eigenvalue weighted by atomic mass is 9.97. The van der Waals surface area contributed by atoms with Crippen LogP contribution in [0.4, 0.5) is 4.39 Å². The molecule has 1 aliphatic rings. The van der Waals surface area contributed by atoms with Crippen LogP contribution in [0.25, 0.3) is 11.1 Å². The van der Waals surface area contributed by atoms with E-state index in [2.05, 4.69) is 10.3 Å². The lowest BCUT2D eigenvalue weighted by molar-refractivity contribution is 0.0950. The molecule has 0 fully saturated rings. The molecule has 3 aromatic rings. The number of aromatic nitrogens is 1. The number of hydrogen-bond donors (Lipinski definition) is 1. The maximum Gasteiger partial charge on any atom is 0.251 e. The monoisotopic (exact) mass is 368 g/mol. The number of carbonyl (C=O) groups excluding carboxylic acids is 1. The summed E-state index contributed by atoms with van der Waals surface area (Å²) in [5.41, 5.74) is 3.67. The maximum atomic E-state index is 13.8. The molecule has 0 spiro atoms. The quantitative estimate of drug-likeness (QED) is 0.747. The van der Waals surface area contributed by atoms with Crippen LogP contribution < -0.4 is 10.1 Å². The van der Waals surface area contributed by atoms with E-state index in [0.717, 1.165) is 16.7 Å². The van der Waals surface area contributed by atoms with Crippen molar-refractivity contribution >= 4 is 17.5 Å². The fourth-order valence-corrected chi connectivity index (χ4v) is 3.17. The maximum absolute atomic E-state index is 13.8. The molecule has 0 aliphatic carbocycles. The second-order valence-electron chi connectivity index (χ2n) is 5.92. The highest BCUT2D eigenvalue weighted by Gasteiger charge is 2.19. The molecule has 6 heteroatoms. The van der Waals surface area contributed by atoms with Gasteiger partial charge in [0.1, 0.15) is 18.2 Å². The number of halogens is 2. The molecule has 0 bridgehead atoms. The van der Waals surface area contributed by atoms with E-state index in [9.17, 15) is 9.18 Å².